The van der Waals surface area contributed by atoms with Crippen molar-refractivity contribution in [2.75, 3.05) is 0 Å². The van der Waals surface area contributed by atoms with Gasteiger partial charge in [0.25, 0.3) is 0 Å². The molecule has 0 amide bonds. The Kier molecular flexibility index (Phi) is 9.48. The van der Waals surface area contributed by atoms with Crippen LogP contribution in [0.3, 0.4) is 0 Å². The number of hydrogen-bond donors (Lipinski definition) is 0. The van der Waals surface area contributed by atoms with Crippen molar-refractivity contribution < 1.29 is 0 Å². The summed E-state index contributed by atoms with van der Waals surface area (Å²) in [6.07, 6.45) is 0. The first kappa shape index (κ1) is 14.4. The molecule has 0 N–H and O–H groups in total. The molecule has 0 aromatic carbocycles. The van der Waals surface area contributed by atoms with Gasteiger partial charge < -0.3 is 0 Å². The molecule has 0 saturated heterocycles. The van der Waals surface area contributed by atoms with Crippen molar-refractivity contribution in [2.45, 2.75) is 0 Å². The number of rotatable bonds is 0. The Bertz CT molecular complexity index is 300. The van der Waals surface area contributed by atoms with E-state index in [0.29, 0.717) is 0 Å². The summed E-state index contributed by atoms with van der Waals surface area (Å²) in [6.45, 7) is 0. The normalized spacial score (nSPS) is 8.00. The van der Waals surface area contributed by atoms with Crippen molar-refractivity contribution in [1.29, 1.82) is 0 Å². The van der Waals surface area contributed by atoms with Crippen LogP contribution in [-0.2, 0) is 0 Å². The molecular formula is C16H16S2. The van der Waals surface area contributed by atoms with Crippen LogP contribution in [0.4, 0.5) is 0 Å². The summed E-state index contributed by atoms with van der Waals surface area (Å²) < 4.78 is 0. The van der Waals surface area contributed by atoms with E-state index in [1.807, 2.05) is 94.3 Å². The highest BCUT2D eigenvalue weighted by atomic mass is 32.1. The summed E-state index contributed by atoms with van der Waals surface area (Å²) in [5.74, 6) is 0. The van der Waals surface area contributed by atoms with E-state index in [0.717, 1.165) is 0 Å². The molecule has 2 heteroatoms. The molecule has 0 atom stereocenters. The van der Waals surface area contributed by atoms with Gasteiger partial charge in [-0.15, -0.1) is 0 Å². The summed E-state index contributed by atoms with van der Waals surface area (Å²) in [7, 11) is 0. The Morgan fingerprint density at radius 2 is 0.500 bits per heavy atom. The van der Waals surface area contributed by atoms with Gasteiger partial charge in [0.1, 0.15) is 0 Å². The van der Waals surface area contributed by atoms with Gasteiger partial charge in [-0.3, -0.25) is 0 Å². The Balaban J connectivity index is 0.000000180. The molecule has 0 aliphatic heterocycles. The molecule has 0 spiro atoms. The predicted molar refractivity (Wildman–Crippen MR) is 83.9 cm³/mol. The zero-order valence-electron chi connectivity index (χ0n) is 10.1. The zero-order valence-corrected chi connectivity index (χ0v) is 11.7. The Labute approximate surface area is 117 Å². The SMILES string of the molecule is c1ccccsccc1.c1ccccsccc1. The highest BCUT2D eigenvalue weighted by Gasteiger charge is 1.59. The topological polar surface area (TPSA) is 0 Å². The lowest BCUT2D eigenvalue weighted by Crippen LogP contribution is -1.38. The van der Waals surface area contributed by atoms with Crippen LogP contribution in [0.15, 0.2) is 94.3 Å². The van der Waals surface area contributed by atoms with E-state index < -0.39 is 0 Å². The van der Waals surface area contributed by atoms with Crippen molar-refractivity contribution in [1.82, 2.24) is 0 Å². The molecule has 2 aromatic rings. The summed E-state index contributed by atoms with van der Waals surface area (Å²) in [5.41, 5.74) is 0. The zero-order chi connectivity index (χ0) is 12.7. The van der Waals surface area contributed by atoms with Gasteiger partial charge in [0.15, 0.2) is 0 Å². The van der Waals surface area contributed by atoms with E-state index in [1.165, 1.54) is 0 Å². The summed E-state index contributed by atoms with van der Waals surface area (Å²) in [4.78, 5) is 0. The fourth-order valence-electron chi connectivity index (χ4n) is 0.967. The molecule has 0 aliphatic rings. The van der Waals surface area contributed by atoms with E-state index in [-0.39, 0.29) is 0 Å². The second kappa shape index (κ2) is 11.8. The highest BCUT2D eigenvalue weighted by molar-refractivity contribution is 7.07. The minimum Gasteiger partial charge on any atom is -0.152 e. The molecule has 0 nitrogen and oxygen atoms in total. The van der Waals surface area contributed by atoms with E-state index in [4.69, 9.17) is 0 Å². The molecule has 92 valence electrons. The van der Waals surface area contributed by atoms with Gasteiger partial charge in [-0.1, -0.05) is 72.8 Å². The van der Waals surface area contributed by atoms with Gasteiger partial charge in [0, 0.05) is 0 Å². The fourth-order valence-corrected chi connectivity index (χ4v) is 1.87. The van der Waals surface area contributed by atoms with Gasteiger partial charge in [0.2, 0.25) is 0 Å². The van der Waals surface area contributed by atoms with E-state index in [2.05, 4.69) is 0 Å². The third-order valence-corrected chi connectivity index (χ3v) is 3.00. The van der Waals surface area contributed by atoms with Gasteiger partial charge in [-0.25, -0.2) is 0 Å². The van der Waals surface area contributed by atoms with Crippen molar-refractivity contribution in [3.05, 3.63) is 94.3 Å². The van der Waals surface area contributed by atoms with Gasteiger partial charge in [-0.05, 0) is 21.5 Å². The lowest BCUT2D eigenvalue weighted by atomic mass is 10.5. The fraction of sp³-hybridized carbons (Fsp3) is 0. The summed E-state index contributed by atoms with van der Waals surface area (Å²) in [6, 6.07) is 24.1. The molecule has 0 radical (unpaired) electrons. The maximum atomic E-state index is 2.04. The molecule has 0 saturated carbocycles. The first-order chi connectivity index (χ1) is 9.00. The second-order valence-electron chi connectivity index (χ2n) is 3.13. The lowest BCUT2D eigenvalue weighted by Gasteiger charge is -1.59. The Hall–Kier alpha value is -1.64. The van der Waals surface area contributed by atoms with Gasteiger partial charge >= 0.3 is 0 Å². The van der Waals surface area contributed by atoms with Crippen molar-refractivity contribution in [3.8, 4) is 0 Å². The van der Waals surface area contributed by atoms with E-state index in [9.17, 15) is 0 Å². The van der Waals surface area contributed by atoms with Crippen LogP contribution >= 0.6 is 22.7 Å². The first-order valence-corrected chi connectivity index (χ1v) is 7.50. The second-order valence-corrected chi connectivity index (χ2v) is 4.76. The van der Waals surface area contributed by atoms with Crippen LogP contribution in [0.2, 0.25) is 0 Å². The molecule has 0 fully saturated rings. The highest BCUT2D eigenvalue weighted by Crippen LogP contribution is 1.89. The third kappa shape index (κ3) is 9.58. The van der Waals surface area contributed by atoms with E-state index in [1.54, 1.807) is 22.7 Å². The van der Waals surface area contributed by atoms with Crippen LogP contribution < -0.4 is 0 Å². The monoisotopic (exact) mass is 272 g/mol. The van der Waals surface area contributed by atoms with Crippen molar-refractivity contribution >= 4 is 22.7 Å². The Morgan fingerprint density at radius 1 is 0.278 bits per heavy atom. The maximum Gasteiger partial charge on any atom is -0.00937 e. The minimum absolute atomic E-state index is 1.68. The molecule has 2 aromatic heterocycles. The molecule has 0 aliphatic carbocycles. The minimum atomic E-state index is 1.68. The summed E-state index contributed by atoms with van der Waals surface area (Å²) >= 11 is 3.36. The molecule has 2 rings (SSSR count). The van der Waals surface area contributed by atoms with Crippen LogP contribution in [0.25, 0.3) is 0 Å². The smallest absolute Gasteiger partial charge is 0.00937 e. The van der Waals surface area contributed by atoms with Crippen LogP contribution in [0.5, 0.6) is 0 Å². The van der Waals surface area contributed by atoms with Crippen LogP contribution in [0, 0.1) is 0 Å². The van der Waals surface area contributed by atoms with Gasteiger partial charge in [-0.2, -0.15) is 22.7 Å². The Morgan fingerprint density at radius 3 is 0.778 bits per heavy atom. The molecule has 0 unspecified atom stereocenters. The molecular weight excluding hydrogens is 256 g/mol. The molecule has 0 bridgehead atoms. The summed E-state index contributed by atoms with van der Waals surface area (Å²) in [5, 5.41) is 8.17. The average molecular weight is 272 g/mol. The van der Waals surface area contributed by atoms with Crippen LogP contribution in [-0.4, -0.2) is 0 Å². The molecule has 2 heterocycles. The average Bonchev–Trinajstić information content (AvgIpc) is 2.65. The lowest BCUT2D eigenvalue weighted by molar-refractivity contribution is 1.82. The first-order valence-electron chi connectivity index (χ1n) is 5.61. The standard InChI is InChI=1S/2C8H8S/c2*1-2-4-6-8-9-7-5-3-1/h2*1-8H. The van der Waals surface area contributed by atoms with E-state index >= 15 is 0 Å². The van der Waals surface area contributed by atoms with Gasteiger partial charge in [0.05, 0.1) is 0 Å². The largest absolute Gasteiger partial charge is 0.152 e. The number of hydrogen-bond acceptors (Lipinski definition) is 2. The predicted octanol–water partition coefficient (Wildman–Crippen LogP) is 5.75. The van der Waals surface area contributed by atoms with Crippen LogP contribution in [0.1, 0.15) is 0 Å². The van der Waals surface area contributed by atoms with Crippen molar-refractivity contribution in [2.24, 2.45) is 0 Å². The molecule has 18 heavy (non-hydrogen) atoms. The van der Waals surface area contributed by atoms with Crippen molar-refractivity contribution in [3.63, 3.8) is 0 Å². The quantitative estimate of drug-likeness (QED) is 0.573. The maximum absolute atomic E-state index is 2.04. The third-order valence-electron chi connectivity index (χ3n) is 1.74.